The Morgan fingerprint density at radius 1 is 1.08 bits per heavy atom. The maximum absolute atomic E-state index is 5.91. The largest absolute Gasteiger partial charge is 0.481 e. The first-order valence-electron chi connectivity index (χ1n) is 8.44. The van der Waals surface area contributed by atoms with Crippen LogP contribution in [0, 0.1) is 0 Å². The van der Waals surface area contributed by atoms with E-state index in [2.05, 4.69) is 71.5 Å². The topological polar surface area (TPSA) is 50.8 Å². The zero-order valence-electron chi connectivity index (χ0n) is 14.4. The first-order valence-corrected chi connectivity index (χ1v) is 8.44. The third-order valence-corrected chi connectivity index (χ3v) is 4.59. The predicted molar refractivity (Wildman–Crippen MR) is 104 cm³/mol. The number of hydrogen-bond acceptors (Lipinski definition) is 4. The molecule has 1 atom stereocenters. The zero-order chi connectivity index (χ0) is 17.4. The molecule has 1 unspecified atom stereocenters. The van der Waals surface area contributed by atoms with E-state index in [0.29, 0.717) is 5.84 Å². The number of benzene rings is 3. The summed E-state index contributed by atoms with van der Waals surface area (Å²) in [4.78, 5) is 6.72. The number of nitrogens with two attached hydrogens (primary N) is 1. The molecule has 126 valence electrons. The molecule has 0 radical (unpaired) electrons. The molecule has 3 aromatic carbocycles. The highest BCUT2D eigenvalue weighted by Gasteiger charge is 2.18. The Kier molecular flexibility index (Phi) is 3.80. The van der Waals surface area contributed by atoms with E-state index in [4.69, 9.17) is 10.5 Å². The second-order valence-corrected chi connectivity index (χ2v) is 6.45. The molecule has 4 heteroatoms. The summed E-state index contributed by atoms with van der Waals surface area (Å²) >= 11 is 0. The summed E-state index contributed by atoms with van der Waals surface area (Å²) in [7, 11) is 2.11. The van der Waals surface area contributed by atoms with Crippen molar-refractivity contribution in [3.05, 3.63) is 66.2 Å². The lowest BCUT2D eigenvalue weighted by Gasteiger charge is -2.24. The summed E-state index contributed by atoms with van der Waals surface area (Å²) in [6, 6.07) is 21.0. The summed E-state index contributed by atoms with van der Waals surface area (Å²) in [5.74, 6) is 1.31. The summed E-state index contributed by atoms with van der Waals surface area (Å²) in [6.45, 7) is 2.69. The molecule has 4 nitrogen and oxygen atoms in total. The van der Waals surface area contributed by atoms with Crippen LogP contribution in [0.15, 0.2) is 65.7 Å². The molecule has 4 rings (SSSR count). The maximum Gasteiger partial charge on any atom is 0.153 e. The molecule has 0 amide bonds. The minimum atomic E-state index is -0.170. The number of anilines is 1. The molecule has 25 heavy (non-hydrogen) atoms. The van der Waals surface area contributed by atoms with Gasteiger partial charge < -0.3 is 15.4 Å². The number of hydrogen-bond donors (Lipinski definition) is 1. The average Bonchev–Trinajstić information content (AvgIpc) is 2.62. The van der Waals surface area contributed by atoms with Gasteiger partial charge >= 0.3 is 0 Å². The molecule has 0 fully saturated rings. The fraction of sp³-hybridized carbons (Fsp3) is 0.190. The molecule has 1 aliphatic rings. The highest BCUT2D eigenvalue weighted by Crippen LogP contribution is 2.34. The summed E-state index contributed by atoms with van der Waals surface area (Å²) in [6.07, 6.45) is -0.170. The molecular weight excluding hydrogens is 310 g/mol. The molecule has 0 aromatic heterocycles. The van der Waals surface area contributed by atoms with E-state index in [1.807, 2.05) is 13.0 Å². The predicted octanol–water partition coefficient (Wildman–Crippen LogP) is 4.25. The van der Waals surface area contributed by atoms with Gasteiger partial charge in [-0.3, -0.25) is 0 Å². The van der Waals surface area contributed by atoms with E-state index in [9.17, 15) is 0 Å². The van der Waals surface area contributed by atoms with Crippen LogP contribution in [0.25, 0.3) is 10.8 Å². The molecule has 2 N–H and O–H groups in total. The van der Waals surface area contributed by atoms with Gasteiger partial charge in [-0.05, 0) is 36.1 Å². The lowest BCUT2D eigenvalue weighted by molar-refractivity contribution is 0.281. The molecule has 0 saturated heterocycles. The Bertz CT molecular complexity index is 959. The molecule has 1 aliphatic heterocycles. The molecule has 0 bridgehead atoms. The van der Waals surface area contributed by atoms with E-state index in [1.165, 1.54) is 22.0 Å². The third kappa shape index (κ3) is 2.91. The van der Waals surface area contributed by atoms with Crippen molar-refractivity contribution >= 4 is 28.0 Å². The van der Waals surface area contributed by atoms with Crippen molar-refractivity contribution in [2.45, 2.75) is 19.6 Å². The number of fused-ring (bicyclic) bond motifs is 2. The van der Waals surface area contributed by atoms with Crippen molar-refractivity contribution in [2.24, 2.45) is 10.7 Å². The Balaban J connectivity index is 1.64. The fourth-order valence-corrected chi connectivity index (χ4v) is 3.23. The van der Waals surface area contributed by atoms with Crippen molar-refractivity contribution in [3.8, 4) is 5.75 Å². The normalized spacial score (nSPS) is 16.1. The summed E-state index contributed by atoms with van der Waals surface area (Å²) in [5, 5.41) is 2.50. The maximum atomic E-state index is 5.91. The Hall–Kier alpha value is -3.01. The number of amidine groups is 1. The quantitative estimate of drug-likeness (QED) is 0.781. The fourth-order valence-electron chi connectivity index (χ4n) is 3.23. The van der Waals surface area contributed by atoms with E-state index < -0.39 is 0 Å². The van der Waals surface area contributed by atoms with Gasteiger partial charge in [0.2, 0.25) is 0 Å². The number of nitrogens with zero attached hydrogens (tertiary/aromatic N) is 2. The second-order valence-electron chi connectivity index (χ2n) is 6.45. The zero-order valence-corrected chi connectivity index (χ0v) is 14.4. The van der Waals surface area contributed by atoms with Crippen LogP contribution in [0.1, 0.15) is 12.5 Å². The van der Waals surface area contributed by atoms with Crippen molar-refractivity contribution in [2.75, 3.05) is 11.9 Å². The summed E-state index contributed by atoms with van der Waals surface area (Å²) in [5.41, 5.74) is 9.10. The smallest absolute Gasteiger partial charge is 0.153 e. The Labute approximate surface area is 147 Å². The molecule has 1 heterocycles. The van der Waals surface area contributed by atoms with Gasteiger partial charge in [-0.2, -0.15) is 0 Å². The van der Waals surface area contributed by atoms with Crippen LogP contribution < -0.4 is 15.4 Å². The SMILES string of the molecule is CC1Oc2ccc(CN(C)c3cccc4ccccc34)cc2N=C1N. The number of ether oxygens (including phenoxy) is 1. The van der Waals surface area contributed by atoms with Crippen LogP contribution in [0.2, 0.25) is 0 Å². The molecule has 0 saturated carbocycles. The van der Waals surface area contributed by atoms with Crippen molar-refractivity contribution in [1.82, 2.24) is 0 Å². The van der Waals surface area contributed by atoms with Gasteiger partial charge in [0.15, 0.2) is 6.10 Å². The lowest BCUT2D eigenvalue weighted by atomic mass is 10.1. The molecule has 0 aliphatic carbocycles. The second kappa shape index (κ2) is 6.13. The lowest BCUT2D eigenvalue weighted by Crippen LogP contribution is -2.33. The highest BCUT2D eigenvalue weighted by molar-refractivity contribution is 5.94. The van der Waals surface area contributed by atoms with Gasteiger partial charge in [0.25, 0.3) is 0 Å². The number of rotatable bonds is 3. The third-order valence-electron chi connectivity index (χ3n) is 4.59. The minimum Gasteiger partial charge on any atom is -0.481 e. The van der Waals surface area contributed by atoms with Crippen molar-refractivity contribution in [3.63, 3.8) is 0 Å². The minimum absolute atomic E-state index is 0.170. The monoisotopic (exact) mass is 331 g/mol. The van der Waals surface area contributed by atoms with Crippen LogP contribution in [0.3, 0.4) is 0 Å². The average molecular weight is 331 g/mol. The van der Waals surface area contributed by atoms with Crippen molar-refractivity contribution in [1.29, 1.82) is 0 Å². The van der Waals surface area contributed by atoms with Gasteiger partial charge in [-0.25, -0.2) is 4.99 Å². The molecule has 3 aromatic rings. The first kappa shape index (κ1) is 15.5. The van der Waals surface area contributed by atoms with E-state index >= 15 is 0 Å². The van der Waals surface area contributed by atoms with Gasteiger partial charge in [-0.1, -0.05) is 42.5 Å². The van der Waals surface area contributed by atoms with E-state index in [-0.39, 0.29) is 6.10 Å². The van der Waals surface area contributed by atoms with Gasteiger partial charge in [0.1, 0.15) is 17.3 Å². The van der Waals surface area contributed by atoms with Crippen LogP contribution in [-0.2, 0) is 6.54 Å². The van der Waals surface area contributed by atoms with Crippen molar-refractivity contribution < 1.29 is 4.74 Å². The van der Waals surface area contributed by atoms with Gasteiger partial charge in [0.05, 0.1) is 0 Å². The Morgan fingerprint density at radius 3 is 2.76 bits per heavy atom. The van der Waals surface area contributed by atoms with Crippen LogP contribution in [0.5, 0.6) is 5.75 Å². The van der Waals surface area contributed by atoms with Gasteiger partial charge in [-0.15, -0.1) is 0 Å². The standard InChI is InChI=1S/C21H21N3O/c1-14-21(22)23-18-12-15(10-11-20(18)25-14)13-24(2)19-9-5-7-16-6-3-4-8-17(16)19/h3-12,14H,13H2,1-2H3,(H2,22,23). The molecule has 0 spiro atoms. The van der Waals surface area contributed by atoms with E-state index in [0.717, 1.165) is 18.0 Å². The first-order chi connectivity index (χ1) is 12.1. The van der Waals surface area contributed by atoms with Crippen LogP contribution in [-0.4, -0.2) is 19.0 Å². The van der Waals surface area contributed by atoms with Crippen LogP contribution >= 0.6 is 0 Å². The van der Waals surface area contributed by atoms with Gasteiger partial charge in [0, 0.05) is 24.7 Å². The van der Waals surface area contributed by atoms with E-state index in [1.54, 1.807) is 0 Å². The Morgan fingerprint density at radius 2 is 1.88 bits per heavy atom. The van der Waals surface area contributed by atoms with Crippen LogP contribution in [0.4, 0.5) is 11.4 Å². The summed E-state index contributed by atoms with van der Waals surface area (Å²) < 4.78 is 5.78. The molecular formula is C21H21N3O. The highest BCUT2D eigenvalue weighted by atomic mass is 16.5. The number of aliphatic imine (C=N–C) groups is 1.